The third-order valence-electron chi connectivity index (χ3n) is 3.16. The highest BCUT2D eigenvalue weighted by Crippen LogP contribution is 2.23. The van der Waals surface area contributed by atoms with E-state index in [9.17, 15) is 0 Å². The molecule has 0 saturated carbocycles. The number of hydrogen-bond acceptors (Lipinski definition) is 2. The van der Waals surface area contributed by atoms with E-state index in [4.69, 9.17) is 0 Å². The van der Waals surface area contributed by atoms with E-state index in [1.54, 1.807) is 0 Å². The maximum atomic E-state index is 4.66. The van der Waals surface area contributed by atoms with Crippen LogP contribution in [-0.2, 0) is 13.0 Å². The molecule has 3 rings (SSSR count). The summed E-state index contributed by atoms with van der Waals surface area (Å²) in [5.74, 6) is 1.97. The van der Waals surface area contributed by atoms with Crippen molar-refractivity contribution in [3.63, 3.8) is 0 Å². The number of hydrogen-bond donors (Lipinski definition) is 0. The van der Waals surface area contributed by atoms with Crippen molar-refractivity contribution in [3.8, 4) is 11.4 Å². The van der Waals surface area contributed by atoms with Crippen LogP contribution in [0.4, 0.5) is 0 Å². The summed E-state index contributed by atoms with van der Waals surface area (Å²) in [7, 11) is 0. The smallest absolute Gasteiger partial charge is 0.109 e. The van der Waals surface area contributed by atoms with Gasteiger partial charge >= 0.3 is 0 Å². The molecule has 0 fully saturated rings. The zero-order valence-corrected chi connectivity index (χ0v) is 9.43. The van der Waals surface area contributed by atoms with Crippen molar-refractivity contribution >= 4 is 0 Å². The van der Waals surface area contributed by atoms with E-state index in [0.29, 0.717) is 0 Å². The molecule has 1 aliphatic heterocycles. The summed E-state index contributed by atoms with van der Waals surface area (Å²) in [5, 5.41) is 0. The highest BCUT2D eigenvalue weighted by atomic mass is 15.1. The van der Waals surface area contributed by atoms with Crippen LogP contribution in [0.2, 0.25) is 0 Å². The summed E-state index contributed by atoms with van der Waals surface area (Å²) in [6.45, 7) is 3.39. The van der Waals surface area contributed by atoms with Crippen molar-refractivity contribution in [1.29, 1.82) is 0 Å². The first-order chi connectivity index (χ1) is 7.83. The van der Waals surface area contributed by atoms with Gasteiger partial charge in [-0.2, -0.15) is 0 Å². The normalized spacial score (nSPS) is 19.4. The lowest BCUT2D eigenvalue weighted by atomic mass is 10.0. The first-order valence-electron chi connectivity index (χ1n) is 5.80. The van der Waals surface area contributed by atoms with Gasteiger partial charge in [0.2, 0.25) is 0 Å². The third-order valence-corrected chi connectivity index (χ3v) is 3.16. The Morgan fingerprint density at radius 1 is 1.31 bits per heavy atom. The molecule has 2 aromatic rings. The lowest BCUT2D eigenvalue weighted by Gasteiger charge is -2.19. The predicted molar refractivity (Wildman–Crippen MR) is 62.9 cm³/mol. The van der Waals surface area contributed by atoms with Crippen LogP contribution in [0.1, 0.15) is 19.2 Å². The van der Waals surface area contributed by atoms with Gasteiger partial charge in [0.15, 0.2) is 0 Å². The molecule has 2 aromatic heterocycles. The average molecular weight is 213 g/mol. The Kier molecular flexibility index (Phi) is 2.24. The SMILES string of the molecule is C[C@H]1CCc2nc(-c3ccccn3)cn2C1. The number of nitrogens with zero attached hydrogens (tertiary/aromatic N) is 3. The molecule has 0 spiro atoms. The highest BCUT2D eigenvalue weighted by molar-refractivity contribution is 5.53. The van der Waals surface area contributed by atoms with Crippen LogP contribution < -0.4 is 0 Å². The molecule has 3 heterocycles. The minimum absolute atomic E-state index is 0.762. The minimum Gasteiger partial charge on any atom is -0.334 e. The molecule has 0 N–H and O–H groups in total. The molecule has 0 aliphatic carbocycles. The van der Waals surface area contributed by atoms with Gasteiger partial charge in [0, 0.05) is 25.4 Å². The Hall–Kier alpha value is -1.64. The molecule has 0 radical (unpaired) electrons. The maximum Gasteiger partial charge on any atom is 0.109 e. The Morgan fingerprint density at radius 3 is 3.06 bits per heavy atom. The van der Waals surface area contributed by atoms with Crippen molar-refractivity contribution in [2.45, 2.75) is 26.3 Å². The molecule has 1 atom stereocenters. The largest absolute Gasteiger partial charge is 0.334 e. The second kappa shape index (κ2) is 3.74. The van der Waals surface area contributed by atoms with Crippen molar-refractivity contribution in [2.75, 3.05) is 0 Å². The average Bonchev–Trinajstić information content (AvgIpc) is 2.73. The second-order valence-corrected chi connectivity index (χ2v) is 4.55. The number of aromatic nitrogens is 3. The van der Waals surface area contributed by atoms with Crippen LogP contribution in [0.15, 0.2) is 30.6 Å². The summed E-state index contributed by atoms with van der Waals surface area (Å²) in [6, 6.07) is 5.95. The fourth-order valence-corrected chi connectivity index (χ4v) is 2.25. The first-order valence-corrected chi connectivity index (χ1v) is 5.80. The Bertz CT molecular complexity index is 487. The minimum atomic E-state index is 0.762. The monoisotopic (exact) mass is 213 g/mol. The summed E-state index contributed by atoms with van der Waals surface area (Å²) in [6.07, 6.45) is 6.29. The fraction of sp³-hybridized carbons (Fsp3) is 0.385. The molecule has 3 heteroatoms. The van der Waals surface area contributed by atoms with Crippen LogP contribution in [0.25, 0.3) is 11.4 Å². The van der Waals surface area contributed by atoms with E-state index in [2.05, 4.69) is 27.7 Å². The van der Waals surface area contributed by atoms with Gasteiger partial charge in [-0.25, -0.2) is 4.98 Å². The topological polar surface area (TPSA) is 30.7 Å². The summed E-state index contributed by atoms with van der Waals surface area (Å²) in [5.41, 5.74) is 1.97. The van der Waals surface area contributed by atoms with Gasteiger partial charge in [-0.05, 0) is 24.5 Å². The van der Waals surface area contributed by atoms with E-state index < -0.39 is 0 Å². The molecule has 3 nitrogen and oxygen atoms in total. The Balaban J connectivity index is 1.99. The summed E-state index contributed by atoms with van der Waals surface area (Å²) >= 11 is 0. The molecular weight excluding hydrogens is 198 g/mol. The van der Waals surface area contributed by atoms with Gasteiger partial charge < -0.3 is 4.57 Å². The first kappa shape index (κ1) is 9.58. The zero-order chi connectivity index (χ0) is 11.0. The van der Waals surface area contributed by atoms with E-state index in [1.807, 2.05) is 24.4 Å². The molecule has 0 bridgehead atoms. The predicted octanol–water partition coefficient (Wildman–Crippen LogP) is 2.53. The molecule has 1 aliphatic rings. The van der Waals surface area contributed by atoms with Crippen molar-refractivity contribution in [1.82, 2.24) is 14.5 Å². The van der Waals surface area contributed by atoms with Crippen LogP contribution in [-0.4, -0.2) is 14.5 Å². The van der Waals surface area contributed by atoms with E-state index >= 15 is 0 Å². The molecule has 0 saturated heterocycles. The number of rotatable bonds is 1. The van der Waals surface area contributed by atoms with Crippen LogP contribution in [0.5, 0.6) is 0 Å². The van der Waals surface area contributed by atoms with Crippen molar-refractivity contribution in [2.24, 2.45) is 5.92 Å². The summed E-state index contributed by atoms with van der Waals surface area (Å²) < 4.78 is 2.28. The fourth-order valence-electron chi connectivity index (χ4n) is 2.25. The van der Waals surface area contributed by atoms with Crippen LogP contribution in [0, 0.1) is 5.92 Å². The van der Waals surface area contributed by atoms with E-state index in [-0.39, 0.29) is 0 Å². The molecule has 0 aromatic carbocycles. The Morgan fingerprint density at radius 2 is 2.25 bits per heavy atom. The lowest BCUT2D eigenvalue weighted by Crippen LogP contribution is -2.17. The molecule has 0 amide bonds. The molecule has 0 unspecified atom stereocenters. The number of aryl methyl sites for hydroxylation is 1. The Labute approximate surface area is 95.2 Å². The van der Waals surface area contributed by atoms with Crippen LogP contribution in [0.3, 0.4) is 0 Å². The standard InChI is InChI=1S/C13H15N3/c1-10-5-6-13-15-12(9-16(13)8-10)11-4-2-3-7-14-11/h2-4,7,9-10H,5-6,8H2,1H3/t10-/m0/s1. The second-order valence-electron chi connectivity index (χ2n) is 4.55. The summed E-state index contributed by atoms with van der Waals surface area (Å²) in [4.78, 5) is 8.99. The van der Waals surface area contributed by atoms with Crippen molar-refractivity contribution in [3.05, 3.63) is 36.4 Å². The highest BCUT2D eigenvalue weighted by Gasteiger charge is 2.17. The van der Waals surface area contributed by atoms with Gasteiger partial charge in [0.05, 0.1) is 5.69 Å². The molecule has 82 valence electrons. The van der Waals surface area contributed by atoms with Gasteiger partial charge in [0.25, 0.3) is 0 Å². The number of pyridine rings is 1. The van der Waals surface area contributed by atoms with Gasteiger partial charge in [-0.3, -0.25) is 4.98 Å². The maximum absolute atomic E-state index is 4.66. The van der Waals surface area contributed by atoms with Crippen molar-refractivity contribution < 1.29 is 0 Å². The lowest BCUT2D eigenvalue weighted by molar-refractivity contribution is 0.394. The van der Waals surface area contributed by atoms with Gasteiger partial charge in [-0.1, -0.05) is 13.0 Å². The molecular formula is C13H15N3. The van der Waals surface area contributed by atoms with Crippen LogP contribution >= 0.6 is 0 Å². The zero-order valence-electron chi connectivity index (χ0n) is 9.43. The number of fused-ring (bicyclic) bond motifs is 1. The van der Waals surface area contributed by atoms with Gasteiger partial charge in [-0.15, -0.1) is 0 Å². The molecule has 16 heavy (non-hydrogen) atoms. The number of imidazole rings is 1. The van der Waals surface area contributed by atoms with E-state index in [0.717, 1.165) is 30.3 Å². The van der Waals surface area contributed by atoms with E-state index in [1.165, 1.54) is 12.2 Å². The third kappa shape index (κ3) is 1.62. The quantitative estimate of drug-likeness (QED) is 0.728. The van der Waals surface area contributed by atoms with Gasteiger partial charge in [0.1, 0.15) is 11.5 Å².